The summed E-state index contributed by atoms with van der Waals surface area (Å²) in [5.41, 5.74) is 4.85. The highest BCUT2D eigenvalue weighted by Crippen LogP contribution is 2.03. The van der Waals surface area contributed by atoms with Gasteiger partial charge < -0.3 is 10.5 Å². The van der Waals surface area contributed by atoms with E-state index in [4.69, 9.17) is 5.21 Å². The first-order valence-corrected chi connectivity index (χ1v) is 5.13. The number of hydrazine groups is 1. The maximum absolute atomic E-state index is 11.4. The minimum absolute atomic E-state index is 0.296. The number of nitrogens with one attached hydrogen (secondary N) is 3. The van der Waals surface area contributed by atoms with Crippen molar-refractivity contribution in [2.45, 2.75) is 52.6 Å². The molecule has 0 fully saturated rings. The molecular formula is C10H22N4O2. The van der Waals surface area contributed by atoms with Gasteiger partial charge in [0, 0.05) is 5.54 Å². The van der Waals surface area contributed by atoms with Crippen molar-refractivity contribution >= 4 is 11.7 Å². The van der Waals surface area contributed by atoms with Crippen molar-refractivity contribution in [1.29, 1.82) is 0 Å². The quantitative estimate of drug-likeness (QED) is 0.334. The highest BCUT2D eigenvalue weighted by Gasteiger charge is 2.23. The third kappa shape index (κ3) is 5.55. The molecule has 0 aromatic rings. The van der Waals surface area contributed by atoms with Crippen LogP contribution in [-0.2, 0) is 0 Å². The van der Waals surface area contributed by atoms with E-state index < -0.39 is 5.54 Å². The van der Waals surface area contributed by atoms with Gasteiger partial charge in [-0.1, -0.05) is 5.16 Å². The van der Waals surface area contributed by atoms with E-state index in [9.17, 15) is 4.79 Å². The third-order valence-electron chi connectivity index (χ3n) is 2.03. The van der Waals surface area contributed by atoms with Gasteiger partial charge in [0.25, 0.3) is 0 Å². The molecule has 6 heteroatoms. The van der Waals surface area contributed by atoms with Gasteiger partial charge in [-0.05, 0) is 41.5 Å². The fraction of sp³-hybridized carbons (Fsp3) is 0.800. The minimum Gasteiger partial charge on any atom is -0.411 e. The molecule has 4 N–H and O–H groups in total. The molecule has 0 rings (SSSR count). The molecule has 0 atom stereocenters. The molecule has 0 aliphatic carbocycles. The number of carbonyl (C=O) groups excluding carboxylic acids is 1. The molecule has 0 heterocycles. The molecule has 94 valence electrons. The lowest BCUT2D eigenvalue weighted by Crippen LogP contribution is -2.58. The van der Waals surface area contributed by atoms with Gasteiger partial charge >= 0.3 is 6.03 Å². The Bertz CT molecular complexity index is 279. The predicted octanol–water partition coefficient (Wildman–Crippen LogP) is 1.22. The standard InChI is InChI=1S/C10H22N4O2/c1-7(13-16)10(5,6)14-12-8(15)11-9(2,3)4/h14,16H,1-6H3,(H2,11,12,15)/b13-7+. The van der Waals surface area contributed by atoms with Gasteiger partial charge in [-0.2, -0.15) is 0 Å². The van der Waals surface area contributed by atoms with E-state index in [0.29, 0.717) is 5.71 Å². The molecule has 0 aromatic carbocycles. The average Bonchev–Trinajstić information content (AvgIpc) is 2.11. The molecular weight excluding hydrogens is 208 g/mol. The predicted molar refractivity (Wildman–Crippen MR) is 63.5 cm³/mol. The SMILES string of the molecule is C/C(=N\O)C(C)(C)NNC(=O)NC(C)(C)C. The summed E-state index contributed by atoms with van der Waals surface area (Å²) in [5.74, 6) is 0. The number of hydrogen-bond acceptors (Lipinski definition) is 4. The molecule has 0 saturated carbocycles. The van der Waals surface area contributed by atoms with Crippen LogP contribution in [0.25, 0.3) is 0 Å². The Kier molecular flexibility index (Phi) is 4.74. The Balaban J connectivity index is 4.21. The normalized spacial score (nSPS) is 13.5. The third-order valence-corrected chi connectivity index (χ3v) is 2.03. The van der Waals surface area contributed by atoms with Crippen LogP contribution in [0, 0.1) is 0 Å². The highest BCUT2D eigenvalue weighted by molar-refractivity contribution is 5.90. The van der Waals surface area contributed by atoms with Gasteiger partial charge in [0.1, 0.15) is 0 Å². The van der Waals surface area contributed by atoms with Crippen LogP contribution in [-0.4, -0.2) is 28.0 Å². The molecule has 2 amide bonds. The molecule has 0 bridgehead atoms. The molecule has 6 nitrogen and oxygen atoms in total. The van der Waals surface area contributed by atoms with Crippen molar-refractivity contribution in [2.75, 3.05) is 0 Å². The zero-order valence-electron chi connectivity index (χ0n) is 10.8. The second-order valence-electron chi connectivity index (χ2n) is 5.26. The second-order valence-corrected chi connectivity index (χ2v) is 5.26. The summed E-state index contributed by atoms with van der Waals surface area (Å²) in [5, 5.41) is 14.5. The van der Waals surface area contributed by atoms with Crippen LogP contribution in [0.1, 0.15) is 41.5 Å². The van der Waals surface area contributed by atoms with Crippen LogP contribution in [0.3, 0.4) is 0 Å². The molecule has 0 unspecified atom stereocenters. The lowest BCUT2D eigenvalue weighted by atomic mass is 10.0. The van der Waals surface area contributed by atoms with E-state index >= 15 is 0 Å². The molecule has 0 radical (unpaired) electrons. The summed E-state index contributed by atoms with van der Waals surface area (Å²) in [6.07, 6.45) is 0. The van der Waals surface area contributed by atoms with Crippen molar-refractivity contribution in [3.63, 3.8) is 0 Å². The summed E-state index contributed by atoms with van der Waals surface area (Å²) in [7, 11) is 0. The molecule has 0 aliphatic heterocycles. The lowest BCUT2D eigenvalue weighted by molar-refractivity contribution is 0.223. The van der Waals surface area contributed by atoms with Gasteiger partial charge in [0.2, 0.25) is 0 Å². The van der Waals surface area contributed by atoms with E-state index in [1.807, 2.05) is 20.8 Å². The van der Waals surface area contributed by atoms with Crippen molar-refractivity contribution < 1.29 is 10.0 Å². The van der Waals surface area contributed by atoms with Gasteiger partial charge in [0.15, 0.2) is 0 Å². The number of urea groups is 1. The summed E-state index contributed by atoms with van der Waals surface area (Å²) in [6, 6.07) is -0.327. The van der Waals surface area contributed by atoms with Crippen LogP contribution in [0.5, 0.6) is 0 Å². The Morgan fingerprint density at radius 1 is 1.19 bits per heavy atom. The van der Waals surface area contributed by atoms with Crippen LogP contribution >= 0.6 is 0 Å². The zero-order chi connectivity index (χ0) is 13.0. The second kappa shape index (κ2) is 5.16. The Labute approximate surface area is 96.4 Å². The first kappa shape index (κ1) is 14.7. The summed E-state index contributed by atoms with van der Waals surface area (Å²) in [6.45, 7) is 10.9. The van der Waals surface area contributed by atoms with E-state index in [1.165, 1.54) is 0 Å². The van der Waals surface area contributed by atoms with Gasteiger partial charge in [-0.25, -0.2) is 10.2 Å². The number of oxime groups is 1. The van der Waals surface area contributed by atoms with Gasteiger partial charge in [-0.15, -0.1) is 0 Å². The number of hydrogen-bond donors (Lipinski definition) is 4. The summed E-state index contributed by atoms with van der Waals surface area (Å²) >= 11 is 0. The minimum atomic E-state index is -0.607. The van der Waals surface area contributed by atoms with E-state index in [0.717, 1.165) is 0 Å². The maximum Gasteiger partial charge on any atom is 0.329 e. The number of rotatable bonds is 3. The fourth-order valence-corrected chi connectivity index (χ4v) is 0.800. The average molecular weight is 230 g/mol. The number of nitrogens with zero attached hydrogens (tertiary/aromatic N) is 1. The zero-order valence-corrected chi connectivity index (χ0v) is 10.8. The number of amides is 2. The fourth-order valence-electron chi connectivity index (χ4n) is 0.800. The lowest BCUT2D eigenvalue weighted by Gasteiger charge is -2.27. The Morgan fingerprint density at radius 3 is 2.06 bits per heavy atom. The Hall–Kier alpha value is -1.30. The van der Waals surface area contributed by atoms with Gasteiger partial charge in [0.05, 0.1) is 11.3 Å². The summed E-state index contributed by atoms with van der Waals surface area (Å²) in [4.78, 5) is 11.4. The molecule has 0 saturated heterocycles. The highest BCUT2D eigenvalue weighted by atomic mass is 16.4. The molecule has 0 aliphatic rings. The van der Waals surface area contributed by atoms with Crippen molar-refractivity contribution in [3.8, 4) is 0 Å². The molecule has 0 aromatic heterocycles. The van der Waals surface area contributed by atoms with Crippen LogP contribution in [0.4, 0.5) is 4.79 Å². The molecule has 0 spiro atoms. The van der Waals surface area contributed by atoms with Crippen LogP contribution in [0.15, 0.2) is 5.16 Å². The topological polar surface area (TPSA) is 85.8 Å². The smallest absolute Gasteiger partial charge is 0.329 e. The van der Waals surface area contributed by atoms with Crippen LogP contribution in [0.2, 0.25) is 0 Å². The first-order chi connectivity index (χ1) is 7.08. The first-order valence-electron chi connectivity index (χ1n) is 5.13. The van der Waals surface area contributed by atoms with Crippen molar-refractivity contribution in [3.05, 3.63) is 0 Å². The van der Waals surface area contributed by atoms with Crippen molar-refractivity contribution in [2.24, 2.45) is 5.16 Å². The van der Waals surface area contributed by atoms with E-state index in [-0.39, 0.29) is 11.6 Å². The monoisotopic (exact) mass is 230 g/mol. The molecule has 16 heavy (non-hydrogen) atoms. The maximum atomic E-state index is 11.4. The van der Waals surface area contributed by atoms with Crippen molar-refractivity contribution in [1.82, 2.24) is 16.2 Å². The number of carbonyl (C=O) groups is 1. The summed E-state index contributed by atoms with van der Waals surface area (Å²) < 4.78 is 0. The van der Waals surface area contributed by atoms with E-state index in [2.05, 4.69) is 21.3 Å². The Morgan fingerprint density at radius 2 is 1.69 bits per heavy atom. The van der Waals surface area contributed by atoms with E-state index in [1.54, 1.807) is 20.8 Å². The van der Waals surface area contributed by atoms with Gasteiger partial charge in [-0.3, -0.25) is 5.43 Å². The largest absolute Gasteiger partial charge is 0.411 e. The van der Waals surface area contributed by atoms with Crippen LogP contribution < -0.4 is 16.2 Å².